The van der Waals surface area contributed by atoms with E-state index < -0.39 is 5.54 Å². The third-order valence-electron chi connectivity index (χ3n) is 2.99. The monoisotopic (exact) mass is 218 g/mol. The number of benzene rings is 1. The summed E-state index contributed by atoms with van der Waals surface area (Å²) in [7, 11) is 0. The van der Waals surface area contributed by atoms with Gasteiger partial charge in [0.25, 0.3) is 5.91 Å². The highest BCUT2D eigenvalue weighted by Crippen LogP contribution is 2.35. The molecule has 1 aliphatic rings. The fourth-order valence-electron chi connectivity index (χ4n) is 2.12. The number of anilines is 2. The molecule has 86 valence electrons. The van der Waals surface area contributed by atoms with Gasteiger partial charge in [0.05, 0.1) is 11.4 Å². The second-order valence-corrected chi connectivity index (χ2v) is 4.82. The minimum atomic E-state index is -0.516. The van der Waals surface area contributed by atoms with E-state index in [1.54, 1.807) is 0 Å². The molecule has 0 radical (unpaired) electrons. The van der Waals surface area contributed by atoms with Crippen LogP contribution >= 0.6 is 0 Å². The lowest BCUT2D eigenvalue weighted by Crippen LogP contribution is -2.53. The number of nitrogens with zero attached hydrogens (tertiary/aromatic N) is 1. The summed E-state index contributed by atoms with van der Waals surface area (Å²) in [5.41, 5.74) is 2.69. The van der Waals surface area contributed by atoms with Gasteiger partial charge in [0, 0.05) is 6.54 Å². The van der Waals surface area contributed by atoms with Gasteiger partial charge in [-0.3, -0.25) is 4.79 Å². The molecule has 1 aliphatic heterocycles. The van der Waals surface area contributed by atoms with Crippen molar-refractivity contribution in [1.29, 1.82) is 0 Å². The SMILES string of the molecule is CCN1C(=O)C(C)(C)Nc2ccc(C)cc21. The number of aryl methyl sites for hydroxylation is 1. The van der Waals surface area contributed by atoms with Crippen molar-refractivity contribution in [2.75, 3.05) is 16.8 Å². The highest BCUT2D eigenvalue weighted by atomic mass is 16.2. The van der Waals surface area contributed by atoms with Gasteiger partial charge in [-0.2, -0.15) is 0 Å². The molecule has 3 heteroatoms. The van der Waals surface area contributed by atoms with E-state index >= 15 is 0 Å². The molecule has 1 aromatic carbocycles. The van der Waals surface area contributed by atoms with Crippen molar-refractivity contribution in [3.05, 3.63) is 23.8 Å². The number of carbonyl (C=O) groups excluding carboxylic acids is 1. The maximum absolute atomic E-state index is 12.2. The van der Waals surface area contributed by atoms with Gasteiger partial charge in [0.2, 0.25) is 0 Å². The molecular formula is C13H18N2O. The van der Waals surface area contributed by atoms with Gasteiger partial charge in [0.15, 0.2) is 0 Å². The third kappa shape index (κ3) is 1.56. The van der Waals surface area contributed by atoms with Crippen LogP contribution in [0.3, 0.4) is 0 Å². The van der Waals surface area contributed by atoms with Gasteiger partial charge < -0.3 is 10.2 Å². The normalized spacial score (nSPS) is 18.0. The minimum Gasteiger partial charge on any atom is -0.370 e. The van der Waals surface area contributed by atoms with Crippen molar-refractivity contribution in [2.24, 2.45) is 0 Å². The van der Waals surface area contributed by atoms with Crippen molar-refractivity contribution in [2.45, 2.75) is 33.2 Å². The van der Waals surface area contributed by atoms with E-state index in [9.17, 15) is 4.79 Å². The average molecular weight is 218 g/mol. The van der Waals surface area contributed by atoms with Gasteiger partial charge >= 0.3 is 0 Å². The van der Waals surface area contributed by atoms with Crippen LogP contribution in [0.1, 0.15) is 26.3 Å². The Labute approximate surface area is 96.5 Å². The van der Waals surface area contributed by atoms with Crippen LogP contribution in [0.25, 0.3) is 0 Å². The quantitative estimate of drug-likeness (QED) is 0.785. The number of amides is 1. The Bertz CT molecular complexity index is 438. The molecule has 0 saturated carbocycles. The summed E-state index contributed by atoms with van der Waals surface area (Å²) < 4.78 is 0. The maximum atomic E-state index is 12.2. The standard InChI is InChI=1S/C13H18N2O/c1-5-15-11-8-9(2)6-7-10(11)14-13(3,4)12(15)16/h6-8,14H,5H2,1-4H3. The van der Waals surface area contributed by atoms with Crippen LogP contribution in [-0.4, -0.2) is 18.0 Å². The van der Waals surface area contributed by atoms with Crippen molar-refractivity contribution in [3.8, 4) is 0 Å². The number of nitrogens with one attached hydrogen (secondary N) is 1. The highest BCUT2D eigenvalue weighted by molar-refractivity contribution is 6.07. The lowest BCUT2D eigenvalue weighted by molar-refractivity contribution is -0.122. The molecular weight excluding hydrogens is 200 g/mol. The molecule has 1 aromatic rings. The Morgan fingerprint density at radius 3 is 2.69 bits per heavy atom. The molecule has 1 amide bonds. The lowest BCUT2D eigenvalue weighted by atomic mass is 9.97. The Morgan fingerprint density at radius 2 is 2.06 bits per heavy atom. The molecule has 0 aliphatic carbocycles. The smallest absolute Gasteiger partial charge is 0.252 e. The summed E-state index contributed by atoms with van der Waals surface area (Å²) in [5.74, 6) is 0.133. The molecule has 3 nitrogen and oxygen atoms in total. The molecule has 0 atom stereocenters. The van der Waals surface area contributed by atoms with E-state index in [1.807, 2.05) is 38.7 Å². The summed E-state index contributed by atoms with van der Waals surface area (Å²) in [4.78, 5) is 14.1. The second kappa shape index (κ2) is 3.51. The van der Waals surface area contributed by atoms with E-state index in [0.717, 1.165) is 11.4 Å². The first-order valence-electron chi connectivity index (χ1n) is 5.66. The van der Waals surface area contributed by atoms with E-state index in [1.165, 1.54) is 5.56 Å². The van der Waals surface area contributed by atoms with Crippen molar-refractivity contribution >= 4 is 17.3 Å². The van der Waals surface area contributed by atoms with Gasteiger partial charge in [-0.25, -0.2) is 0 Å². The summed E-state index contributed by atoms with van der Waals surface area (Å²) in [5, 5.41) is 3.29. The highest BCUT2D eigenvalue weighted by Gasteiger charge is 2.37. The summed E-state index contributed by atoms with van der Waals surface area (Å²) in [6, 6.07) is 6.16. The van der Waals surface area contributed by atoms with Gasteiger partial charge in [0.1, 0.15) is 5.54 Å². The van der Waals surface area contributed by atoms with Crippen LogP contribution in [-0.2, 0) is 4.79 Å². The topological polar surface area (TPSA) is 32.3 Å². The molecule has 0 unspecified atom stereocenters. The van der Waals surface area contributed by atoms with Gasteiger partial charge in [-0.05, 0) is 45.4 Å². The van der Waals surface area contributed by atoms with Crippen LogP contribution in [0.2, 0.25) is 0 Å². The summed E-state index contributed by atoms with van der Waals surface area (Å²) >= 11 is 0. The Balaban J connectivity index is 2.56. The number of fused-ring (bicyclic) bond motifs is 1. The molecule has 2 rings (SSSR count). The van der Waals surface area contributed by atoms with Crippen molar-refractivity contribution in [1.82, 2.24) is 0 Å². The lowest BCUT2D eigenvalue weighted by Gasteiger charge is -2.39. The summed E-state index contributed by atoms with van der Waals surface area (Å²) in [6.45, 7) is 8.59. The molecule has 0 spiro atoms. The van der Waals surface area contributed by atoms with Crippen molar-refractivity contribution in [3.63, 3.8) is 0 Å². The molecule has 16 heavy (non-hydrogen) atoms. The number of hydrogen-bond donors (Lipinski definition) is 1. The second-order valence-electron chi connectivity index (χ2n) is 4.82. The maximum Gasteiger partial charge on any atom is 0.252 e. The zero-order chi connectivity index (χ0) is 11.9. The van der Waals surface area contributed by atoms with E-state index in [0.29, 0.717) is 6.54 Å². The zero-order valence-electron chi connectivity index (χ0n) is 10.3. The fourth-order valence-corrected chi connectivity index (χ4v) is 2.12. The predicted molar refractivity (Wildman–Crippen MR) is 66.9 cm³/mol. The van der Waals surface area contributed by atoms with E-state index in [2.05, 4.69) is 17.4 Å². The fraction of sp³-hybridized carbons (Fsp3) is 0.462. The first-order chi connectivity index (χ1) is 7.45. The molecule has 0 fully saturated rings. The molecule has 0 aromatic heterocycles. The van der Waals surface area contributed by atoms with Crippen LogP contribution in [0.15, 0.2) is 18.2 Å². The number of hydrogen-bond acceptors (Lipinski definition) is 2. The predicted octanol–water partition coefficient (Wildman–Crippen LogP) is 2.55. The third-order valence-corrected chi connectivity index (χ3v) is 2.99. The van der Waals surface area contributed by atoms with E-state index in [4.69, 9.17) is 0 Å². The first kappa shape index (κ1) is 11.0. The van der Waals surface area contributed by atoms with Crippen LogP contribution < -0.4 is 10.2 Å². The number of carbonyl (C=O) groups is 1. The van der Waals surface area contributed by atoms with Crippen LogP contribution in [0.4, 0.5) is 11.4 Å². The van der Waals surface area contributed by atoms with Gasteiger partial charge in [-0.1, -0.05) is 6.07 Å². The van der Waals surface area contributed by atoms with Crippen LogP contribution in [0, 0.1) is 6.92 Å². The number of rotatable bonds is 1. The number of likely N-dealkylation sites (N-methyl/N-ethyl adjacent to an activating group) is 1. The Morgan fingerprint density at radius 1 is 1.38 bits per heavy atom. The molecule has 1 N–H and O–H groups in total. The van der Waals surface area contributed by atoms with Crippen LogP contribution in [0.5, 0.6) is 0 Å². The average Bonchev–Trinajstić information content (AvgIpc) is 2.21. The molecule has 1 heterocycles. The van der Waals surface area contributed by atoms with E-state index in [-0.39, 0.29) is 5.91 Å². The molecule has 0 saturated heterocycles. The molecule has 0 bridgehead atoms. The largest absolute Gasteiger partial charge is 0.370 e. The zero-order valence-corrected chi connectivity index (χ0v) is 10.3. The van der Waals surface area contributed by atoms with Gasteiger partial charge in [-0.15, -0.1) is 0 Å². The Kier molecular flexibility index (Phi) is 2.41. The minimum absolute atomic E-state index is 0.133. The summed E-state index contributed by atoms with van der Waals surface area (Å²) in [6.07, 6.45) is 0. The van der Waals surface area contributed by atoms with Crippen molar-refractivity contribution < 1.29 is 4.79 Å². The Hall–Kier alpha value is -1.51. The first-order valence-corrected chi connectivity index (χ1v) is 5.66.